The van der Waals surface area contributed by atoms with E-state index in [1.54, 1.807) is 11.3 Å². The van der Waals surface area contributed by atoms with Crippen molar-refractivity contribution in [2.75, 3.05) is 39.6 Å². The third-order valence-electron chi connectivity index (χ3n) is 5.24. The molecule has 0 spiro atoms. The Kier molecular flexibility index (Phi) is 7.68. The van der Waals surface area contributed by atoms with Gasteiger partial charge in [-0.05, 0) is 46.9 Å². The van der Waals surface area contributed by atoms with Gasteiger partial charge in [-0.2, -0.15) is 0 Å². The van der Waals surface area contributed by atoms with Crippen LogP contribution in [0.4, 0.5) is 0 Å². The van der Waals surface area contributed by atoms with Crippen LogP contribution >= 0.6 is 11.3 Å². The lowest BCUT2D eigenvalue weighted by atomic mass is 10.1. The predicted octanol–water partition coefficient (Wildman–Crippen LogP) is 4.73. The van der Waals surface area contributed by atoms with Crippen LogP contribution < -0.4 is 0 Å². The van der Waals surface area contributed by atoms with Gasteiger partial charge >= 0.3 is 0 Å². The maximum Gasteiger partial charge on any atom is 0.147 e. The third-order valence-corrected chi connectivity index (χ3v) is 6.14. The number of rotatable bonds is 12. The first kappa shape index (κ1) is 20.5. The molecular formula is C24H29NO3S. The van der Waals surface area contributed by atoms with Crippen LogP contribution in [0.1, 0.15) is 17.5 Å². The van der Waals surface area contributed by atoms with Gasteiger partial charge in [-0.15, -0.1) is 11.3 Å². The van der Waals surface area contributed by atoms with Crippen molar-refractivity contribution >= 4 is 21.4 Å². The zero-order valence-electron chi connectivity index (χ0n) is 16.8. The van der Waals surface area contributed by atoms with Gasteiger partial charge in [-0.25, -0.2) is 0 Å². The molecule has 4 nitrogen and oxygen atoms in total. The van der Waals surface area contributed by atoms with E-state index in [4.69, 9.17) is 14.2 Å². The standard InChI is InChI=1S/C24H29NO3S/c1-2-5-21(6-3-1)18-27-19-28-23-16-25(17-23)11-4-12-26-13-9-20-7-8-24-22(15-20)10-14-29-24/h1-3,5-8,10,14-15,23H,4,9,11-13,16-19H2. The largest absolute Gasteiger partial charge is 0.381 e. The molecule has 0 bridgehead atoms. The second kappa shape index (κ2) is 10.9. The summed E-state index contributed by atoms with van der Waals surface area (Å²) in [6.07, 6.45) is 2.36. The quantitative estimate of drug-likeness (QED) is 0.319. The van der Waals surface area contributed by atoms with Crippen molar-refractivity contribution in [3.8, 4) is 0 Å². The fourth-order valence-corrected chi connectivity index (χ4v) is 4.31. The lowest BCUT2D eigenvalue weighted by Crippen LogP contribution is -2.52. The number of hydrogen-bond acceptors (Lipinski definition) is 5. The highest BCUT2D eigenvalue weighted by Crippen LogP contribution is 2.22. The van der Waals surface area contributed by atoms with E-state index in [-0.39, 0.29) is 0 Å². The summed E-state index contributed by atoms with van der Waals surface area (Å²) in [6, 6.07) is 19.1. The number of fused-ring (bicyclic) bond motifs is 1. The summed E-state index contributed by atoms with van der Waals surface area (Å²) >= 11 is 1.79. The second-order valence-corrected chi connectivity index (χ2v) is 8.46. The Morgan fingerprint density at radius 2 is 1.83 bits per heavy atom. The molecule has 1 fully saturated rings. The Hall–Kier alpha value is -1.76. The summed E-state index contributed by atoms with van der Waals surface area (Å²) in [4.78, 5) is 2.41. The topological polar surface area (TPSA) is 30.9 Å². The van der Waals surface area contributed by atoms with Crippen LogP contribution in [0.2, 0.25) is 0 Å². The molecule has 1 aliphatic rings. The van der Waals surface area contributed by atoms with E-state index in [1.165, 1.54) is 21.2 Å². The molecule has 3 aromatic rings. The van der Waals surface area contributed by atoms with E-state index in [2.05, 4.69) is 46.7 Å². The zero-order valence-corrected chi connectivity index (χ0v) is 17.6. The van der Waals surface area contributed by atoms with Crippen LogP contribution in [0.25, 0.3) is 10.1 Å². The molecule has 0 N–H and O–H groups in total. The first-order valence-electron chi connectivity index (χ1n) is 10.4. The van der Waals surface area contributed by atoms with Gasteiger partial charge in [-0.1, -0.05) is 42.5 Å². The summed E-state index contributed by atoms with van der Waals surface area (Å²) in [5.74, 6) is 0. The molecule has 2 heterocycles. The van der Waals surface area contributed by atoms with Gasteiger partial charge in [-0.3, -0.25) is 4.90 Å². The molecule has 5 heteroatoms. The molecule has 0 atom stereocenters. The van der Waals surface area contributed by atoms with Crippen molar-refractivity contribution in [2.24, 2.45) is 0 Å². The summed E-state index contributed by atoms with van der Waals surface area (Å²) in [6.45, 7) is 5.66. The zero-order chi connectivity index (χ0) is 19.7. The molecule has 0 unspecified atom stereocenters. The average molecular weight is 412 g/mol. The Balaban J connectivity index is 0.984. The fourth-order valence-electron chi connectivity index (χ4n) is 3.54. The van der Waals surface area contributed by atoms with Gasteiger partial charge in [0, 0.05) is 30.9 Å². The van der Waals surface area contributed by atoms with Crippen molar-refractivity contribution in [2.45, 2.75) is 25.6 Å². The number of hydrogen-bond donors (Lipinski definition) is 0. The number of thiophene rings is 1. The summed E-state index contributed by atoms with van der Waals surface area (Å²) in [5, 5.41) is 3.49. The number of ether oxygens (including phenoxy) is 3. The van der Waals surface area contributed by atoms with Crippen molar-refractivity contribution in [1.29, 1.82) is 0 Å². The number of nitrogens with zero attached hydrogens (tertiary/aromatic N) is 1. The third kappa shape index (κ3) is 6.36. The molecule has 4 rings (SSSR count). The normalized spacial score (nSPS) is 15.0. The van der Waals surface area contributed by atoms with Crippen molar-refractivity contribution in [3.63, 3.8) is 0 Å². The van der Waals surface area contributed by atoms with Crippen LogP contribution in [0.3, 0.4) is 0 Å². The highest BCUT2D eigenvalue weighted by Gasteiger charge is 2.26. The molecule has 29 heavy (non-hydrogen) atoms. The Labute approximate surface area is 177 Å². The van der Waals surface area contributed by atoms with Crippen LogP contribution in [0.15, 0.2) is 60.0 Å². The fraction of sp³-hybridized carbons (Fsp3) is 0.417. The highest BCUT2D eigenvalue weighted by atomic mass is 32.1. The maximum atomic E-state index is 5.82. The van der Waals surface area contributed by atoms with E-state index in [1.807, 2.05) is 18.2 Å². The smallest absolute Gasteiger partial charge is 0.147 e. The van der Waals surface area contributed by atoms with E-state index < -0.39 is 0 Å². The van der Waals surface area contributed by atoms with Gasteiger partial charge < -0.3 is 14.2 Å². The Morgan fingerprint density at radius 3 is 2.72 bits per heavy atom. The van der Waals surface area contributed by atoms with Crippen LogP contribution in [-0.2, 0) is 27.2 Å². The SMILES string of the molecule is c1ccc(COCOC2CN(CCCOCCc3ccc4sccc4c3)C2)cc1. The molecule has 0 radical (unpaired) electrons. The van der Waals surface area contributed by atoms with Crippen LogP contribution in [0, 0.1) is 0 Å². The second-order valence-electron chi connectivity index (χ2n) is 7.51. The molecule has 2 aromatic carbocycles. The Bertz CT molecular complexity index is 861. The lowest BCUT2D eigenvalue weighted by Gasteiger charge is -2.38. The monoisotopic (exact) mass is 411 g/mol. The summed E-state index contributed by atoms with van der Waals surface area (Å²) < 4.78 is 18.5. The minimum absolute atomic E-state index is 0.304. The van der Waals surface area contributed by atoms with Gasteiger partial charge in [0.05, 0.1) is 19.3 Å². The predicted molar refractivity (Wildman–Crippen MR) is 118 cm³/mol. The molecule has 0 aliphatic carbocycles. The minimum Gasteiger partial charge on any atom is -0.381 e. The summed E-state index contributed by atoms with van der Waals surface area (Å²) in [5.41, 5.74) is 2.53. The van der Waals surface area contributed by atoms with Gasteiger partial charge in [0.15, 0.2) is 0 Å². The molecule has 1 saturated heterocycles. The average Bonchev–Trinajstić information content (AvgIpc) is 3.19. The molecule has 0 amide bonds. The maximum absolute atomic E-state index is 5.82. The van der Waals surface area contributed by atoms with Crippen LogP contribution in [-0.4, -0.2) is 50.6 Å². The van der Waals surface area contributed by atoms with Gasteiger partial charge in [0.1, 0.15) is 6.79 Å². The van der Waals surface area contributed by atoms with Crippen molar-refractivity contribution < 1.29 is 14.2 Å². The van der Waals surface area contributed by atoms with Crippen LogP contribution in [0.5, 0.6) is 0 Å². The van der Waals surface area contributed by atoms with E-state index in [9.17, 15) is 0 Å². The number of likely N-dealkylation sites (tertiary alicyclic amines) is 1. The first-order chi connectivity index (χ1) is 14.4. The Morgan fingerprint density at radius 1 is 0.931 bits per heavy atom. The van der Waals surface area contributed by atoms with Crippen molar-refractivity contribution in [3.05, 3.63) is 71.1 Å². The molecular weight excluding hydrogens is 382 g/mol. The first-order valence-corrected chi connectivity index (χ1v) is 11.2. The number of benzene rings is 2. The van der Waals surface area contributed by atoms with Crippen molar-refractivity contribution in [1.82, 2.24) is 4.90 Å². The lowest BCUT2D eigenvalue weighted by molar-refractivity contribution is -0.139. The van der Waals surface area contributed by atoms with Gasteiger partial charge in [0.25, 0.3) is 0 Å². The van der Waals surface area contributed by atoms with E-state index in [0.29, 0.717) is 19.5 Å². The molecule has 1 aliphatic heterocycles. The summed E-state index contributed by atoms with van der Waals surface area (Å²) in [7, 11) is 0. The molecule has 0 saturated carbocycles. The van der Waals surface area contributed by atoms with Gasteiger partial charge in [0.2, 0.25) is 0 Å². The highest BCUT2D eigenvalue weighted by molar-refractivity contribution is 7.17. The molecule has 154 valence electrons. The molecule has 1 aromatic heterocycles. The van der Waals surface area contributed by atoms with E-state index in [0.717, 1.165) is 45.7 Å². The van der Waals surface area contributed by atoms with E-state index >= 15 is 0 Å². The minimum atomic E-state index is 0.304.